The molecule has 0 unspecified atom stereocenters. The van der Waals surface area contributed by atoms with E-state index in [4.69, 9.17) is 5.11 Å². The molecule has 0 aliphatic heterocycles. The number of hydrogen-bond donors (Lipinski definition) is 4. The maximum Gasteiger partial charge on any atom is 0.322 e. The highest BCUT2D eigenvalue weighted by Gasteiger charge is 2.05. The lowest BCUT2D eigenvalue weighted by atomic mass is 10.3. The summed E-state index contributed by atoms with van der Waals surface area (Å²) in [5.74, 6) is -1.68. The lowest BCUT2D eigenvalue weighted by molar-refractivity contribution is -0.137. The molecule has 0 bridgehead atoms. The first kappa shape index (κ1) is 14.9. The van der Waals surface area contributed by atoms with Crippen molar-refractivity contribution in [2.24, 2.45) is 0 Å². The first-order chi connectivity index (χ1) is 7.91. The summed E-state index contributed by atoms with van der Waals surface area (Å²) in [6.07, 6.45) is 1.82. The zero-order chi connectivity index (χ0) is 13.3. The van der Waals surface area contributed by atoms with Gasteiger partial charge in [0, 0.05) is 6.54 Å². The number of amides is 3. The van der Waals surface area contributed by atoms with Gasteiger partial charge in [-0.05, 0) is 13.8 Å². The Bertz CT molecular complexity index is 322. The molecule has 0 aromatic rings. The van der Waals surface area contributed by atoms with Gasteiger partial charge in [0.25, 0.3) is 0 Å². The predicted octanol–water partition coefficient (Wildman–Crippen LogP) is -0.547. The van der Waals surface area contributed by atoms with Crippen molar-refractivity contribution in [2.45, 2.75) is 13.8 Å². The minimum absolute atomic E-state index is 0.256. The second kappa shape index (κ2) is 8.14. The molecule has 0 heterocycles. The smallest absolute Gasteiger partial charge is 0.322 e. The molecule has 0 aliphatic rings. The highest BCUT2D eigenvalue weighted by molar-refractivity contribution is 5.86. The third-order valence-corrected chi connectivity index (χ3v) is 1.62. The number of urea groups is 1. The summed E-state index contributed by atoms with van der Waals surface area (Å²) in [5, 5.41) is 15.2. The number of hydrogen-bond acceptors (Lipinski definition) is 3. The summed E-state index contributed by atoms with van der Waals surface area (Å²) >= 11 is 0. The van der Waals surface area contributed by atoms with Crippen LogP contribution in [0.2, 0.25) is 0 Å². The third-order valence-electron chi connectivity index (χ3n) is 1.62. The first-order valence-electron chi connectivity index (χ1n) is 5.05. The molecule has 0 aliphatic carbocycles. The van der Waals surface area contributed by atoms with Crippen molar-refractivity contribution < 1.29 is 19.5 Å². The second-order valence-corrected chi connectivity index (χ2v) is 3.52. The molecule has 0 aromatic heterocycles. The highest BCUT2D eigenvalue weighted by Crippen LogP contribution is 1.84. The van der Waals surface area contributed by atoms with Gasteiger partial charge >= 0.3 is 12.0 Å². The Labute approximate surface area is 99.3 Å². The standard InChI is InChI=1S/C10H17N3O4/c1-7(2)3-4-11-10(17)13-5-8(14)12-6-9(15)16/h3H,4-6H2,1-2H3,(H,12,14)(H,15,16)(H2,11,13,17). The van der Waals surface area contributed by atoms with Gasteiger partial charge < -0.3 is 21.1 Å². The molecular weight excluding hydrogens is 226 g/mol. The molecule has 0 rings (SSSR count). The number of carboxylic acids is 1. The summed E-state index contributed by atoms with van der Waals surface area (Å²) in [7, 11) is 0. The number of allylic oxidation sites excluding steroid dienone is 1. The van der Waals surface area contributed by atoms with E-state index in [1.807, 2.05) is 19.9 Å². The van der Waals surface area contributed by atoms with E-state index < -0.39 is 24.5 Å². The molecule has 3 amide bonds. The largest absolute Gasteiger partial charge is 0.480 e. The van der Waals surface area contributed by atoms with Crippen LogP contribution in [0.1, 0.15) is 13.8 Å². The van der Waals surface area contributed by atoms with E-state index in [9.17, 15) is 14.4 Å². The fourth-order valence-corrected chi connectivity index (χ4v) is 0.808. The lowest BCUT2D eigenvalue weighted by Gasteiger charge is -2.06. The zero-order valence-corrected chi connectivity index (χ0v) is 9.87. The Morgan fingerprint density at radius 1 is 1.06 bits per heavy atom. The molecule has 0 radical (unpaired) electrons. The maximum absolute atomic E-state index is 11.1. The minimum Gasteiger partial charge on any atom is -0.480 e. The average Bonchev–Trinajstić information content (AvgIpc) is 2.23. The van der Waals surface area contributed by atoms with Gasteiger partial charge in [-0.15, -0.1) is 0 Å². The van der Waals surface area contributed by atoms with Gasteiger partial charge in [-0.25, -0.2) is 4.79 Å². The van der Waals surface area contributed by atoms with Crippen LogP contribution in [0, 0.1) is 0 Å². The Kier molecular flexibility index (Phi) is 7.16. The van der Waals surface area contributed by atoms with Crippen LogP contribution in [-0.2, 0) is 9.59 Å². The monoisotopic (exact) mass is 243 g/mol. The molecule has 7 heteroatoms. The van der Waals surface area contributed by atoms with Gasteiger partial charge in [0.1, 0.15) is 6.54 Å². The average molecular weight is 243 g/mol. The molecule has 0 atom stereocenters. The van der Waals surface area contributed by atoms with Crippen molar-refractivity contribution in [3.63, 3.8) is 0 Å². The van der Waals surface area contributed by atoms with Gasteiger partial charge in [0.2, 0.25) is 5.91 Å². The molecule has 7 nitrogen and oxygen atoms in total. The molecular formula is C10H17N3O4. The number of carbonyl (C=O) groups excluding carboxylic acids is 2. The zero-order valence-electron chi connectivity index (χ0n) is 9.87. The van der Waals surface area contributed by atoms with E-state index in [0.717, 1.165) is 5.57 Å². The van der Waals surface area contributed by atoms with Gasteiger partial charge in [0.15, 0.2) is 0 Å². The molecule has 96 valence electrons. The number of aliphatic carboxylic acids is 1. The summed E-state index contributed by atoms with van der Waals surface area (Å²) in [6, 6.07) is -0.479. The molecule has 0 saturated heterocycles. The van der Waals surface area contributed by atoms with E-state index in [2.05, 4.69) is 16.0 Å². The van der Waals surface area contributed by atoms with Gasteiger partial charge in [-0.3, -0.25) is 9.59 Å². The molecule has 0 spiro atoms. The van der Waals surface area contributed by atoms with E-state index >= 15 is 0 Å². The maximum atomic E-state index is 11.1. The third kappa shape index (κ3) is 10.2. The van der Waals surface area contributed by atoms with E-state index in [-0.39, 0.29) is 6.54 Å². The van der Waals surface area contributed by atoms with Crippen LogP contribution in [0.15, 0.2) is 11.6 Å². The quantitative estimate of drug-likeness (QED) is 0.469. The van der Waals surface area contributed by atoms with E-state index in [0.29, 0.717) is 6.54 Å². The van der Waals surface area contributed by atoms with E-state index in [1.165, 1.54) is 0 Å². The minimum atomic E-state index is -1.13. The lowest BCUT2D eigenvalue weighted by Crippen LogP contribution is -2.43. The molecule has 17 heavy (non-hydrogen) atoms. The number of nitrogens with one attached hydrogen (secondary N) is 3. The predicted molar refractivity (Wildman–Crippen MR) is 61.5 cm³/mol. The Balaban J connectivity index is 3.66. The van der Waals surface area contributed by atoms with Crippen LogP contribution in [0.5, 0.6) is 0 Å². The number of carbonyl (C=O) groups is 3. The van der Waals surface area contributed by atoms with Crippen LogP contribution in [0.25, 0.3) is 0 Å². The number of carboxylic acid groups (broad SMARTS) is 1. The van der Waals surface area contributed by atoms with Gasteiger partial charge in [-0.2, -0.15) is 0 Å². The van der Waals surface area contributed by atoms with Crippen molar-refractivity contribution >= 4 is 17.9 Å². The summed E-state index contributed by atoms with van der Waals surface area (Å²) in [4.78, 5) is 32.3. The van der Waals surface area contributed by atoms with Crippen molar-refractivity contribution in [2.75, 3.05) is 19.6 Å². The summed E-state index contributed by atoms with van der Waals surface area (Å²) in [6.45, 7) is 3.47. The normalized spacial score (nSPS) is 9.06. The van der Waals surface area contributed by atoms with Crippen LogP contribution < -0.4 is 16.0 Å². The van der Waals surface area contributed by atoms with Crippen molar-refractivity contribution in [1.82, 2.24) is 16.0 Å². The SMILES string of the molecule is CC(C)=CCNC(=O)NCC(=O)NCC(=O)O. The van der Waals surface area contributed by atoms with E-state index in [1.54, 1.807) is 0 Å². The first-order valence-corrected chi connectivity index (χ1v) is 5.05. The summed E-state index contributed by atoms with van der Waals surface area (Å²) < 4.78 is 0. The van der Waals surface area contributed by atoms with Crippen molar-refractivity contribution in [1.29, 1.82) is 0 Å². The summed E-state index contributed by atoms with van der Waals surface area (Å²) in [5.41, 5.74) is 1.07. The van der Waals surface area contributed by atoms with Crippen LogP contribution in [0.3, 0.4) is 0 Å². The molecule has 0 aromatic carbocycles. The highest BCUT2D eigenvalue weighted by atomic mass is 16.4. The van der Waals surface area contributed by atoms with Crippen LogP contribution in [-0.4, -0.2) is 42.6 Å². The topological polar surface area (TPSA) is 108 Å². The van der Waals surface area contributed by atoms with Crippen LogP contribution in [0.4, 0.5) is 4.79 Å². The van der Waals surface area contributed by atoms with Gasteiger partial charge in [-0.1, -0.05) is 11.6 Å². The Hall–Kier alpha value is -2.05. The number of rotatable bonds is 6. The van der Waals surface area contributed by atoms with Crippen molar-refractivity contribution in [3.8, 4) is 0 Å². The van der Waals surface area contributed by atoms with Crippen molar-refractivity contribution in [3.05, 3.63) is 11.6 Å². The van der Waals surface area contributed by atoms with Crippen LogP contribution >= 0.6 is 0 Å². The molecule has 0 fully saturated rings. The molecule has 0 saturated carbocycles. The molecule has 4 N–H and O–H groups in total. The fraction of sp³-hybridized carbons (Fsp3) is 0.500. The second-order valence-electron chi connectivity index (χ2n) is 3.52. The Morgan fingerprint density at radius 2 is 1.71 bits per heavy atom. The Morgan fingerprint density at radius 3 is 2.24 bits per heavy atom. The fourth-order valence-electron chi connectivity index (χ4n) is 0.808. The van der Waals surface area contributed by atoms with Gasteiger partial charge in [0.05, 0.1) is 6.54 Å².